The van der Waals surface area contributed by atoms with E-state index in [1.54, 1.807) is 0 Å². The van der Waals surface area contributed by atoms with E-state index in [2.05, 4.69) is 10.3 Å². The number of aromatic nitrogens is 1. The fourth-order valence-corrected chi connectivity index (χ4v) is 3.91. The average Bonchev–Trinajstić information content (AvgIpc) is 2.94. The Bertz CT molecular complexity index is 862. The summed E-state index contributed by atoms with van der Waals surface area (Å²) < 4.78 is 1.01. The van der Waals surface area contributed by atoms with Crippen molar-refractivity contribution in [2.24, 2.45) is 0 Å². The van der Waals surface area contributed by atoms with Gasteiger partial charge in [-0.15, -0.1) is 11.8 Å². The number of benzene rings is 2. The van der Waals surface area contributed by atoms with Gasteiger partial charge in [0.25, 0.3) is 0 Å². The number of thioether (sulfide) groups is 1. The molecule has 118 valence electrons. The quantitative estimate of drug-likeness (QED) is 0.593. The van der Waals surface area contributed by atoms with E-state index in [9.17, 15) is 4.79 Å². The van der Waals surface area contributed by atoms with Crippen molar-refractivity contribution in [2.75, 3.05) is 11.1 Å². The number of carbonyl (C=O) groups is 1. The van der Waals surface area contributed by atoms with Crippen LogP contribution in [0.5, 0.6) is 0 Å². The lowest BCUT2D eigenvalue weighted by Crippen LogP contribution is -2.13. The van der Waals surface area contributed by atoms with Crippen LogP contribution in [-0.2, 0) is 4.79 Å². The molecule has 0 fully saturated rings. The summed E-state index contributed by atoms with van der Waals surface area (Å²) >= 11 is 14.8. The van der Waals surface area contributed by atoms with Crippen LogP contribution in [0.2, 0.25) is 10.0 Å². The van der Waals surface area contributed by atoms with E-state index in [1.165, 1.54) is 23.1 Å². The summed E-state index contributed by atoms with van der Waals surface area (Å²) in [5.74, 6) is 0.227. The SMILES string of the molecule is Cc1c(Cl)ccc2sc(NC(=O)CSc3ccc(Cl)cc3)nc12. The van der Waals surface area contributed by atoms with Crippen LogP contribution in [0.25, 0.3) is 10.2 Å². The van der Waals surface area contributed by atoms with Gasteiger partial charge in [0.1, 0.15) is 0 Å². The van der Waals surface area contributed by atoms with E-state index in [0.29, 0.717) is 20.9 Å². The fourth-order valence-electron chi connectivity index (χ4n) is 1.99. The molecule has 3 nitrogen and oxygen atoms in total. The number of nitrogens with zero attached hydrogens (tertiary/aromatic N) is 1. The Kier molecular flexibility index (Phi) is 5.11. The third-order valence-electron chi connectivity index (χ3n) is 3.18. The van der Waals surface area contributed by atoms with Gasteiger partial charge in [0.2, 0.25) is 5.91 Å². The molecule has 0 bridgehead atoms. The molecule has 0 aliphatic carbocycles. The zero-order valence-electron chi connectivity index (χ0n) is 12.1. The molecule has 23 heavy (non-hydrogen) atoms. The molecule has 0 radical (unpaired) electrons. The van der Waals surface area contributed by atoms with Gasteiger partial charge in [-0.2, -0.15) is 0 Å². The molecule has 0 atom stereocenters. The third kappa shape index (κ3) is 3.98. The Morgan fingerprint density at radius 1 is 1.22 bits per heavy atom. The van der Waals surface area contributed by atoms with Crippen molar-refractivity contribution in [2.45, 2.75) is 11.8 Å². The number of hydrogen-bond acceptors (Lipinski definition) is 4. The first kappa shape index (κ1) is 16.6. The summed E-state index contributed by atoms with van der Waals surface area (Å²) in [6, 6.07) is 11.2. The molecule has 1 aromatic heterocycles. The molecule has 1 heterocycles. The largest absolute Gasteiger partial charge is 0.301 e. The van der Waals surface area contributed by atoms with E-state index in [-0.39, 0.29) is 5.91 Å². The van der Waals surface area contributed by atoms with Gasteiger partial charge in [0.15, 0.2) is 5.13 Å². The number of anilines is 1. The zero-order chi connectivity index (χ0) is 16.4. The van der Waals surface area contributed by atoms with Crippen LogP contribution in [-0.4, -0.2) is 16.6 Å². The average molecular weight is 383 g/mol. The first-order chi connectivity index (χ1) is 11.0. The molecule has 3 aromatic rings. The molecule has 1 amide bonds. The third-order valence-corrected chi connectivity index (χ3v) is 5.79. The summed E-state index contributed by atoms with van der Waals surface area (Å²) in [6.07, 6.45) is 0. The van der Waals surface area contributed by atoms with E-state index >= 15 is 0 Å². The van der Waals surface area contributed by atoms with Gasteiger partial charge in [-0.3, -0.25) is 4.79 Å². The second kappa shape index (κ2) is 7.09. The van der Waals surface area contributed by atoms with Crippen LogP contribution in [0, 0.1) is 6.92 Å². The highest BCUT2D eigenvalue weighted by molar-refractivity contribution is 8.00. The number of nitrogens with one attached hydrogen (secondary N) is 1. The molecule has 0 aliphatic heterocycles. The molecular formula is C16H12Cl2N2OS2. The molecule has 7 heteroatoms. The standard InChI is InChI=1S/C16H12Cl2N2OS2/c1-9-12(18)6-7-13-15(9)20-16(23-13)19-14(21)8-22-11-4-2-10(17)3-5-11/h2-7H,8H2,1H3,(H,19,20,21). The summed E-state index contributed by atoms with van der Waals surface area (Å²) in [4.78, 5) is 17.5. The Morgan fingerprint density at radius 3 is 2.70 bits per heavy atom. The lowest BCUT2D eigenvalue weighted by Gasteiger charge is -2.02. The van der Waals surface area contributed by atoms with Crippen LogP contribution in [0.4, 0.5) is 5.13 Å². The van der Waals surface area contributed by atoms with Crippen molar-refractivity contribution in [1.82, 2.24) is 4.98 Å². The Morgan fingerprint density at radius 2 is 1.96 bits per heavy atom. The molecule has 0 spiro atoms. The van der Waals surface area contributed by atoms with Gasteiger partial charge in [-0.05, 0) is 48.9 Å². The van der Waals surface area contributed by atoms with Crippen molar-refractivity contribution < 1.29 is 4.79 Å². The van der Waals surface area contributed by atoms with Gasteiger partial charge < -0.3 is 5.32 Å². The lowest BCUT2D eigenvalue weighted by molar-refractivity contribution is -0.113. The number of amides is 1. The van der Waals surface area contributed by atoms with Crippen molar-refractivity contribution >= 4 is 67.6 Å². The van der Waals surface area contributed by atoms with Gasteiger partial charge in [-0.1, -0.05) is 34.5 Å². The van der Waals surface area contributed by atoms with Crippen LogP contribution in [0.15, 0.2) is 41.3 Å². The predicted octanol–water partition coefficient (Wildman–Crippen LogP) is 5.64. The number of hydrogen-bond donors (Lipinski definition) is 1. The normalized spacial score (nSPS) is 10.9. The molecule has 3 rings (SSSR count). The van der Waals surface area contributed by atoms with Gasteiger partial charge in [0, 0.05) is 14.9 Å². The van der Waals surface area contributed by atoms with Crippen molar-refractivity contribution in [3.8, 4) is 0 Å². The van der Waals surface area contributed by atoms with Crippen molar-refractivity contribution in [3.05, 3.63) is 52.0 Å². The number of fused-ring (bicyclic) bond motifs is 1. The molecule has 0 aliphatic rings. The minimum atomic E-state index is -0.0900. The Balaban J connectivity index is 1.66. The van der Waals surface area contributed by atoms with Gasteiger partial charge >= 0.3 is 0 Å². The highest BCUT2D eigenvalue weighted by atomic mass is 35.5. The molecule has 0 saturated carbocycles. The maximum atomic E-state index is 12.1. The second-order valence-corrected chi connectivity index (χ2v) is 7.75. The maximum absolute atomic E-state index is 12.1. The lowest BCUT2D eigenvalue weighted by atomic mass is 10.2. The van der Waals surface area contributed by atoms with Crippen LogP contribution >= 0.6 is 46.3 Å². The van der Waals surface area contributed by atoms with E-state index in [0.717, 1.165) is 20.7 Å². The number of rotatable bonds is 4. The Labute approximate surface area is 152 Å². The molecule has 0 unspecified atom stereocenters. The smallest absolute Gasteiger partial charge is 0.236 e. The van der Waals surface area contributed by atoms with Gasteiger partial charge in [0.05, 0.1) is 16.0 Å². The minimum Gasteiger partial charge on any atom is -0.301 e. The van der Waals surface area contributed by atoms with E-state index in [1.807, 2.05) is 43.3 Å². The number of halogens is 2. The van der Waals surface area contributed by atoms with E-state index in [4.69, 9.17) is 23.2 Å². The molecular weight excluding hydrogens is 371 g/mol. The summed E-state index contributed by atoms with van der Waals surface area (Å²) in [7, 11) is 0. The molecule has 0 saturated heterocycles. The first-order valence-electron chi connectivity index (χ1n) is 6.77. The topological polar surface area (TPSA) is 42.0 Å². The molecule has 2 aromatic carbocycles. The molecule has 1 N–H and O–H groups in total. The van der Waals surface area contributed by atoms with Crippen LogP contribution < -0.4 is 5.32 Å². The summed E-state index contributed by atoms with van der Waals surface area (Å²) in [6.45, 7) is 1.92. The van der Waals surface area contributed by atoms with Crippen molar-refractivity contribution in [3.63, 3.8) is 0 Å². The highest BCUT2D eigenvalue weighted by Crippen LogP contribution is 2.31. The zero-order valence-corrected chi connectivity index (χ0v) is 15.2. The number of thiazole rings is 1. The van der Waals surface area contributed by atoms with E-state index < -0.39 is 0 Å². The minimum absolute atomic E-state index is 0.0900. The fraction of sp³-hybridized carbons (Fsp3) is 0.125. The predicted molar refractivity (Wildman–Crippen MR) is 100 cm³/mol. The Hall–Kier alpha value is -1.27. The first-order valence-corrected chi connectivity index (χ1v) is 9.32. The second-order valence-electron chi connectivity index (χ2n) is 4.83. The van der Waals surface area contributed by atoms with Crippen LogP contribution in [0.3, 0.4) is 0 Å². The summed E-state index contributed by atoms with van der Waals surface area (Å²) in [5.41, 5.74) is 1.76. The monoisotopic (exact) mass is 382 g/mol. The van der Waals surface area contributed by atoms with Crippen LogP contribution in [0.1, 0.15) is 5.56 Å². The van der Waals surface area contributed by atoms with Gasteiger partial charge in [-0.25, -0.2) is 4.98 Å². The number of carbonyl (C=O) groups excluding carboxylic acids is 1. The highest BCUT2D eigenvalue weighted by Gasteiger charge is 2.11. The summed E-state index contributed by atoms with van der Waals surface area (Å²) in [5, 5.41) is 4.79. The van der Waals surface area contributed by atoms with Crippen molar-refractivity contribution in [1.29, 1.82) is 0 Å². The maximum Gasteiger partial charge on any atom is 0.236 e. The number of aryl methyl sites for hydroxylation is 1.